The van der Waals surface area contributed by atoms with E-state index in [1.54, 1.807) is 62.9 Å². The largest absolute Gasteiger partial charge is 0.339 e. The third-order valence-corrected chi connectivity index (χ3v) is 5.33. The topological polar surface area (TPSA) is 72.2 Å². The quantitative estimate of drug-likeness (QED) is 0.454. The van der Waals surface area contributed by atoms with Crippen molar-refractivity contribution < 1.29 is 14.0 Å². The molecule has 0 unspecified atom stereocenters. The van der Waals surface area contributed by atoms with Gasteiger partial charge in [-0.2, -0.15) is 5.10 Å². The minimum Gasteiger partial charge on any atom is -0.339 e. The van der Waals surface area contributed by atoms with E-state index in [4.69, 9.17) is 0 Å². The van der Waals surface area contributed by atoms with Crippen LogP contribution in [0.1, 0.15) is 34.6 Å². The Labute approximate surface area is 191 Å². The highest BCUT2D eigenvalue weighted by Gasteiger charge is 2.21. The van der Waals surface area contributed by atoms with Crippen molar-refractivity contribution in [3.63, 3.8) is 0 Å². The molecule has 2 aromatic heterocycles. The predicted molar refractivity (Wildman–Crippen MR) is 124 cm³/mol. The van der Waals surface area contributed by atoms with Crippen LogP contribution in [0.5, 0.6) is 0 Å². The van der Waals surface area contributed by atoms with Gasteiger partial charge in [-0.1, -0.05) is 6.07 Å². The van der Waals surface area contributed by atoms with Gasteiger partial charge >= 0.3 is 0 Å². The molecule has 0 spiro atoms. The zero-order chi connectivity index (χ0) is 23.4. The lowest BCUT2D eigenvalue weighted by Gasteiger charge is -2.19. The second kappa shape index (κ2) is 9.52. The second-order valence-electron chi connectivity index (χ2n) is 7.37. The van der Waals surface area contributed by atoms with Crippen molar-refractivity contribution in [1.82, 2.24) is 19.2 Å². The molecule has 0 saturated carbocycles. The summed E-state index contributed by atoms with van der Waals surface area (Å²) in [6.45, 7) is 5.06. The lowest BCUT2D eigenvalue weighted by Crippen LogP contribution is -2.30. The summed E-state index contributed by atoms with van der Waals surface area (Å²) in [7, 11) is 0. The molecule has 0 aliphatic carbocycles. The van der Waals surface area contributed by atoms with Crippen molar-refractivity contribution in [2.75, 3.05) is 18.4 Å². The molecule has 0 fully saturated rings. The Hall–Kier alpha value is -4.20. The summed E-state index contributed by atoms with van der Waals surface area (Å²) in [5, 5.41) is 7.25. The molecule has 0 atom stereocenters. The summed E-state index contributed by atoms with van der Waals surface area (Å²) >= 11 is 0. The maximum absolute atomic E-state index is 13.4. The van der Waals surface area contributed by atoms with E-state index in [1.165, 1.54) is 18.3 Å². The van der Waals surface area contributed by atoms with E-state index in [-0.39, 0.29) is 17.6 Å². The first-order chi connectivity index (χ1) is 16.0. The minimum absolute atomic E-state index is 0.0896. The van der Waals surface area contributed by atoms with Crippen molar-refractivity contribution in [2.24, 2.45) is 0 Å². The molecule has 33 heavy (non-hydrogen) atoms. The van der Waals surface area contributed by atoms with Crippen LogP contribution in [-0.4, -0.2) is 44.2 Å². The Morgan fingerprint density at radius 1 is 1.00 bits per heavy atom. The molecular weight excluding hydrogens is 421 g/mol. The Morgan fingerprint density at radius 2 is 1.70 bits per heavy atom. The van der Waals surface area contributed by atoms with E-state index in [0.29, 0.717) is 41.4 Å². The predicted octanol–water partition coefficient (Wildman–Crippen LogP) is 4.54. The van der Waals surface area contributed by atoms with Crippen LogP contribution in [0.25, 0.3) is 11.5 Å². The molecule has 168 valence electrons. The van der Waals surface area contributed by atoms with Gasteiger partial charge in [-0.3, -0.25) is 9.59 Å². The Balaban J connectivity index is 1.66. The molecule has 8 heteroatoms. The number of amides is 2. The molecule has 1 N–H and O–H groups in total. The molecule has 0 saturated heterocycles. The molecule has 0 aliphatic rings. The van der Waals surface area contributed by atoms with Gasteiger partial charge in [-0.25, -0.2) is 9.07 Å². The van der Waals surface area contributed by atoms with Crippen LogP contribution in [0.3, 0.4) is 0 Å². The maximum Gasteiger partial charge on any atom is 0.261 e. The molecular formula is C25H24FN5O2. The average molecular weight is 445 g/mol. The van der Waals surface area contributed by atoms with Gasteiger partial charge in [0.25, 0.3) is 11.8 Å². The van der Waals surface area contributed by atoms with Gasteiger partial charge in [0.2, 0.25) is 0 Å². The third-order valence-electron chi connectivity index (χ3n) is 5.33. The van der Waals surface area contributed by atoms with E-state index < -0.39 is 0 Å². The van der Waals surface area contributed by atoms with Crippen molar-refractivity contribution in [3.8, 4) is 11.5 Å². The SMILES string of the molecule is CCN(CC)C(=O)c1cccc(NC(=O)c2cnn(-c3ccc(F)cc3)c2-n2cccc2)c1. The summed E-state index contributed by atoms with van der Waals surface area (Å²) in [6.07, 6.45) is 5.08. The van der Waals surface area contributed by atoms with Gasteiger partial charge in [-0.05, 0) is 68.4 Å². The van der Waals surface area contributed by atoms with Crippen LogP contribution in [0.2, 0.25) is 0 Å². The Kier molecular flexibility index (Phi) is 6.35. The van der Waals surface area contributed by atoms with Crippen molar-refractivity contribution >= 4 is 17.5 Å². The van der Waals surface area contributed by atoms with Crippen LogP contribution >= 0.6 is 0 Å². The van der Waals surface area contributed by atoms with E-state index in [0.717, 1.165) is 0 Å². The maximum atomic E-state index is 13.4. The summed E-state index contributed by atoms with van der Waals surface area (Å²) in [4.78, 5) is 27.6. The van der Waals surface area contributed by atoms with E-state index in [2.05, 4.69) is 10.4 Å². The fourth-order valence-corrected chi connectivity index (χ4v) is 3.62. The molecule has 0 bridgehead atoms. The summed E-state index contributed by atoms with van der Waals surface area (Å²) < 4.78 is 16.8. The Bertz CT molecular complexity index is 1260. The van der Waals surface area contributed by atoms with Crippen LogP contribution < -0.4 is 5.32 Å². The first-order valence-corrected chi connectivity index (χ1v) is 10.7. The molecule has 2 heterocycles. The molecule has 4 aromatic rings. The third kappa shape index (κ3) is 4.55. The highest BCUT2D eigenvalue weighted by molar-refractivity contribution is 6.07. The van der Waals surface area contributed by atoms with E-state index in [9.17, 15) is 14.0 Å². The summed E-state index contributed by atoms with van der Waals surface area (Å²) in [5.41, 5.74) is 1.96. The number of carbonyl (C=O) groups excluding carboxylic acids is 2. The summed E-state index contributed by atoms with van der Waals surface area (Å²) in [6, 6.07) is 16.4. The van der Waals surface area contributed by atoms with Gasteiger partial charge in [0.15, 0.2) is 5.82 Å². The number of benzene rings is 2. The van der Waals surface area contributed by atoms with Gasteiger partial charge in [-0.15, -0.1) is 0 Å². The molecule has 7 nitrogen and oxygen atoms in total. The number of nitrogens with zero attached hydrogens (tertiary/aromatic N) is 4. The zero-order valence-electron chi connectivity index (χ0n) is 18.4. The van der Waals surface area contributed by atoms with Crippen LogP contribution in [0.4, 0.5) is 10.1 Å². The number of carbonyl (C=O) groups is 2. The molecule has 0 aliphatic heterocycles. The highest BCUT2D eigenvalue weighted by atomic mass is 19.1. The number of anilines is 1. The fraction of sp³-hybridized carbons (Fsp3) is 0.160. The van der Waals surface area contributed by atoms with Crippen LogP contribution in [0, 0.1) is 5.82 Å². The molecule has 2 amide bonds. The Morgan fingerprint density at radius 3 is 2.36 bits per heavy atom. The van der Waals surface area contributed by atoms with Crippen molar-refractivity contribution in [3.05, 3.63) is 96.2 Å². The number of halogens is 1. The van der Waals surface area contributed by atoms with E-state index >= 15 is 0 Å². The zero-order valence-corrected chi connectivity index (χ0v) is 18.4. The summed E-state index contributed by atoms with van der Waals surface area (Å²) in [5.74, 6) is -0.308. The first-order valence-electron chi connectivity index (χ1n) is 10.7. The second-order valence-corrected chi connectivity index (χ2v) is 7.37. The lowest BCUT2D eigenvalue weighted by molar-refractivity contribution is 0.0772. The highest BCUT2D eigenvalue weighted by Crippen LogP contribution is 2.22. The van der Waals surface area contributed by atoms with Gasteiger partial charge < -0.3 is 14.8 Å². The number of hydrogen-bond donors (Lipinski definition) is 1. The van der Waals surface area contributed by atoms with Gasteiger partial charge in [0, 0.05) is 36.7 Å². The standard InChI is InChI=1S/C25H24FN5O2/c1-3-29(4-2)25(33)18-8-7-9-20(16-18)28-23(32)22-17-27-31(21-12-10-19(26)11-13-21)24(22)30-14-5-6-15-30/h5-17H,3-4H2,1-2H3,(H,28,32). The van der Waals surface area contributed by atoms with E-state index in [1.807, 2.05) is 26.0 Å². The van der Waals surface area contributed by atoms with Gasteiger partial charge in [0.05, 0.1) is 11.9 Å². The lowest BCUT2D eigenvalue weighted by atomic mass is 10.1. The van der Waals surface area contributed by atoms with Crippen molar-refractivity contribution in [1.29, 1.82) is 0 Å². The van der Waals surface area contributed by atoms with Crippen molar-refractivity contribution in [2.45, 2.75) is 13.8 Å². The van der Waals surface area contributed by atoms with Gasteiger partial charge in [0.1, 0.15) is 11.4 Å². The smallest absolute Gasteiger partial charge is 0.261 e. The average Bonchev–Trinajstić information content (AvgIpc) is 3.50. The number of hydrogen-bond acceptors (Lipinski definition) is 3. The van der Waals surface area contributed by atoms with Crippen LogP contribution in [-0.2, 0) is 0 Å². The number of rotatable bonds is 7. The number of aromatic nitrogens is 3. The molecule has 2 aromatic carbocycles. The molecule has 0 radical (unpaired) electrons. The monoisotopic (exact) mass is 445 g/mol. The van der Waals surface area contributed by atoms with Crippen LogP contribution in [0.15, 0.2) is 79.3 Å². The fourth-order valence-electron chi connectivity index (χ4n) is 3.62. The molecule has 4 rings (SSSR count). The minimum atomic E-state index is -0.375. The first kappa shape index (κ1) is 22.0. The normalized spacial score (nSPS) is 10.8. The number of nitrogens with one attached hydrogen (secondary N) is 1.